The molecule has 3 aromatic rings. The monoisotopic (exact) mass is 362 g/mol. The zero-order valence-electron chi connectivity index (χ0n) is 15.7. The van der Waals surface area contributed by atoms with Gasteiger partial charge in [0.2, 0.25) is 0 Å². The van der Waals surface area contributed by atoms with E-state index >= 15 is 0 Å². The molecule has 4 nitrogen and oxygen atoms in total. The number of hydrogen-bond donors (Lipinski definition) is 2. The molecule has 1 saturated heterocycles. The SMILES string of the molecule is Cc1cccc(C(CC(=O)O)c2cn(C3CCNCC3)c3ccccc23)c1. The summed E-state index contributed by atoms with van der Waals surface area (Å²) in [5.41, 5.74) is 4.56. The summed E-state index contributed by atoms with van der Waals surface area (Å²) in [6.07, 6.45) is 4.53. The van der Waals surface area contributed by atoms with Crippen LogP contribution >= 0.6 is 0 Å². The molecule has 27 heavy (non-hydrogen) atoms. The number of piperidine rings is 1. The molecule has 1 aliphatic heterocycles. The molecule has 2 aromatic carbocycles. The van der Waals surface area contributed by atoms with Crippen LogP contribution < -0.4 is 5.32 Å². The Hall–Kier alpha value is -2.59. The van der Waals surface area contributed by atoms with Gasteiger partial charge in [0.1, 0.15) is 0 Å². The number of nitrogens with one attached hydrogen (secondary N) is 1. The molecule has 0 bridgehead atoms. The molecule has 0 aliphatic carbocycles. The second kappa shape index (κ2) is 7.57. The van der Waals surface area contributed by atoms with E-state index in [1.807, 2.05) is 12.1 Å². The molecule has 4 heteroatoms. The maximum atomic E-state index is 11.7. The van der Waals surface area contributed by atoms with Crippen LogP contribution in [0.5, 0.6) is 0 Å². The van der Waals surface area contributed by atoms with Gasteiger partial charge in [-0.25, -0.2) is 0 Å². The molecule has 4 rings (SSSR count). The first-order valence-corrected chi connectivity index (χ1v) is 9.72. The number of nitrogens with zero attached hydrogens (tertiary/aromatic N) is 1. The van der Waals surface area contributed by atoms with Gasteiger partial charge in [-0.05, 0) is 50.0 Å². The van der Waals surface area contributed by atoms with Crippen molar-refractivity contribution in [2.45, 2.75) is 38.1 Å². The Morgan fingerprint density at radius 3 is 2.70 bits per heavy atom. The molecule has 0 amide bonds. The zero-order valence-corrected chi connectivity index (χ0v) is 15.7. The Bertz CT molecular complexity index is 954. The Morgan fingerprint density at radius 2 is 1.96 bits per heavy atom. The Kier molecular flexibility index (Phi) is 4.99. The number of aromatic nitrogens is 1. The van der Waals surface area contributed by atoms with Crippen LogP contribution in [-0.2, 0) is 4.79 Å². The smallest absolute Gasteiger partial charge is 0.304 e. The second-order valence-corrected chi connectivity index (χ2v) is 7.55. The van der Waals surface area contributed by atoms with Gasteiger partial charge in [-0.15, -0.1) is 0 Å². The third kappa shape index (κ3) is 3.62. The van der Waals surface area contributed by atoms with Crippen LogP contribution in [0, 0.1) is 6.92 Å². The third-order valence-corrected chi connectivity index (χ3v) is 5.67. The maximum absolute atomic E-state index is 11.7. The minimum absolute atomic E-state index is 0.101. The van der Waals surface area contributed by atoms with Crippen LogP contribution in [0.15, 0.2) is 54.7 Å². The van der Waals surface area contributed by atoms with E-state index in [4.69, 9.17) is 0 Å². The van der Waals surface area contributed by atoms with Crippen LogP contribution in [0.4, 0.5) is 0 Å². The number of carbonyl (C=O) groups is 1. The molecule has 1 atom stereocenters. The number of hydrogen-bond acceptors (Lipinski definition) is 2. The summed E-state index contributed by atoms with van der Waals surface area (Å²) < 4.78 is 2.39. The fourth-order valence-electron chi connectivity index (χ4n) is 4.37. The molecule has 140 valence electrons. The van der Waals surface area contributed by atoms with Gasteiger partial charge in [-0.2, -0.15) is 0 Å². The number of carboxylic acids is 1. The van der Waals surface area contributed by atoms with E-state index < -0.39 is 5.97 Å². The molecule has 1 aliphatic rings. The minimum atomic E-state index is -0.764. The van der Waals surface area contributed by atoms with Crippen LogP contribution in [0.1, 0.15) is 47.9 Å². The molecule has 0 saturated carbocycles. The van der Waals surface area contributed by atoms with Gasteiger partial charge in [-0.1, -0.05) is 48.0 Å². The summed E-state index contributed by atoms with van der Waals surface area (Å²) in [4.78, 5) is 11.7. The lowest BCUT2D eigenvalue weighted by atomic mass is 9.87. The van der Waals surface area contributed by atoms with Crippen molar-refractivity contribution >= 4 is 16.9 Å². The number of rotatable bonds is 5. The highest BCUT2D eigenvalue weighted by Gasteiger charge is 2.25. The number of fused-ring (bicyclic) bond motifs is 1. The van der Waals surface area contributed by atoms with Crippen LogP contribution in [-0.4, -0.2) is 28.7 Å². The van der Waals surface area contributed by atoms with Crippen molar-refractivity contribution in [1.82, 2.24) is 9.88 Å². The number of benzene rings is 2. The lowest BCUT2D eigenvalue weighted by Crippen LogP contribution is -2.29. The molecule has 0 radical (unpaired) electrons. The van der Waals surface area contributed by atoms with Crippen molar-refractivity contribution in [3.8, 4) is 0 Å². The molecule has 1 fully saturated rings. The van der Waals surface area contributed by atoms with Gasteiger partial charge in [0.15, 0.2) is 0 Å². The van der Waals surface area contributed by atoms with Crippen molar-refractivity contribution in [3.63, 3.8) is 0 Å². The van der Waals surface area contributed by atoms with E-state index in [0.29, 0.717) is 6.04 Å². The standard InChI is InChI=1S/C23H26N2O2/c1-16-5-4-6-17(13-16)20(14-23(26)27)21-15-25(18-9-11-24-12-10-18)22-8-3-2-7-19(21)22/h2-8,13,15,18,20,24H,9-12,14H2,1H3,(H,26,27). The summed E-state index contributed by atoms with van der Waals surface area (Å²) in [5.74, 6) is -0.907. The highest BCUT2D eigenvalue weighted by molar-refractivity contribution is 5.86. The number of aliphatic carboxylic acids is 1. The Balaban J connectivity index is 1.85. The largest absolute Gasteiger partial charge is 0.481 e. The Labute approximate surface area is 159 Å². The van der Waals surface area contributed by atoms with Gasteiger partial charge in [-0.3, -0.25) is 4.79 Å². The van der Waals surface area contributed by atoms with E-state index in [2.05, 4.69) is 59.4 Å². The number of carboxylic acid groups (broad SMARTS) is 1. The van der Waals surface area contributed by atoms with Crippen LogP contribution in [0.3, 0.4) is 0 Å². The van der Waals surface area contributed by atoms with Crippen molar-refractivity contribution in [2.24, 2.45) is 0 Å². The maximum Gasteiger partial charge on any atom is 0.304 e. The summed E-state index contributed by atoms with van der Waals surface area (Å²) in [6.45, 7) is 4.12. The molecule has 2 heterocycles. The highest BCUT2D eigenvalue weighted by atomic mass is 16.4. The van der Waals surface area contributed by atoms with Gasteiger partial charge in [0.25, 0.3) is 0 Å². The first-order valence-electron chi connectivity index (χ1n) is 9.72. The van der Waals surface area contributed by atoms with E-state index in [-0.39, 0.29) is 12.3 Å². The molecule has 1 unspecified atom stereocenters. The van der Waals surface area contributed by atoms with Gasteiger partial charge in [0, 0.05) is 29.1 Å². The number of aryl methyl sites for hydroxylation is 1. The van der Waals surface area contributed by atoms with E-state index in [1.165, 1.54) is 10.9 Å². The van der Waals surface area contributed by atoms with E-state index in [0.717, 1.165) is 42.6 Å². The van der Waals surface area contributed by atoms with Gasteiger partial charge in [0.05, 0.1) is 6.42 Å². The summed E-state index contributed by atoms with van der Waals surface area (Å²) >= 11 is 0. The van der Waals surface area contributed by atoms with Crippen molar-refractivity contribution in [1.29, 1.82) is 0 Å². The quantitative estimate of drug-likeness (QED) is 0.703. The van der Waals surface area contributed by atoms with Crippen molar-refractivity contribution in [2.75, 3.05) is 13.1 Å². The normalized spacial score (nSPS) is 16.5. The van der Waals surface area contributed by atoms with Crippen molar-refractivity contribution < 1.29 is 9.90 Å². The average Bonchev–Trinajstić information content (AvgIpc) is 3.06. The summed E-state index contributed by atoms with van der Waals surface area (Å²) in [6, 6.07) is 17.1. The molecule has 0 spiro atoms. The molecular weight excluding hydrogens is 336 g/mol. The minimum Gasteiger partial charge on any atom is -0.481 e. The molecular formula is C23H26N2O2. The highest BCUT2D eigenvalue weighted by Crippen LogP contribution is 2.37. The topological polar surface area (TPSA) is 54.3 Å². The van der Waals surface area contributed by atoms with Crippen LogP contribution in [0.2, 0.25) is 0 Å². The lowest BCUT2D eigenvalue weighted by Gasteiger charge is -2.25. The predicted octanol–water partition coefficient (Wildman–Crippen LogP) is 4.48. The third-order valence-electron chi connectivity index (χ3n) is 5.67. The second-order valence-electron chi connectivity index (χ2n) is 7.55. The van der Waals surface area contributed by atoms with Crippen molar-refractivity contribution in [3.05, 3.63) is 71.4 Å². The lowest BCUT2D eigenvalue weighted by molar-refractivity contribution is -0.137. The van der Waals surface area contributed by atoms with Crippen LogP contribution in [0.25, 0.3) is 10.9 Å². The first-order chi connectivity index (χ1) is 13.1. The van der Waals surface area contributed by atoms with E-state index in [1.54, 1.807) is 0 Å². The summed E-state index contributed by atoms with van der Waals surface area (Å²) in [7, 11) is 0. The zero-order chi connectivity index (χ0) is 18.8. The molecule has 1 aromatic heterocycles. The average molecular weight is 362 g/mol. The van der Waals surface area contributed by atoms with Gasteiger partial charge >= 0.3 is 5.97 Å². The summed E-state index contributed by atoms with van der Waals surface area (Å²) in [5, 5.41) is 14.2. The first kappa shape index (κ1) is 17.8. The Morgan fingerprint density at radius 1 is 1.19 bits per heavy atom. The fraction of sp³-hybridized carbons (Fsp3) is 0.348. The number of para-hydroxylation sites is 1. The molecule has 2 N–H and O–H groups in total. The predicted molar refractivity (Wildman–Crippen MR) is 108 cm³/mol. The fourth-order valence-corrected chi connectivity index (χ4v) is 4.37. The van der Waals surface area contributed by atoms with Gasteiger partial charge < -0.3 is 15.0 Å². The van der Waals surface area contributed by atoms with E-state index in [9.17, 15) is 9.90 Å².